The maximum Gasteiger partial charge on any atom is 0.264 e. The zero-order valence-electron chi connectivity index (χ0n) is 21.3. The summed E-state index contributed by atoms with van der Waals surface area (Å²) in [6.07, 6.45) is 2.38. The highest BCUT2D eigenvalue weighted by molar-refractivity contribution is 7.92. The molecule has 38 heavy (non-hydrogen) atoms. The Bertz CT molecular complexity index is 1570. The van der Waals surface area contributed by atoms with Gasteiger partial charge < -0.3 is 4.90 Å². The number of sulfonamides is 1. The lowest BCUT2D eigenvalue weighted by Gasteiger charge is -2.30. The molecule has 0 unspecified atom stereocenters. The van der Waals surface area contributed by atoms with Gasteiger partial charge in [-0.3, -0.25) is 14.0 Å². The Labute approximate surface area is 232 Å². The minimum Gasteiger partial charge on any atom is -0.309 e. The van der Waals surface area contributed by atoms with Crippen LogP contribution in [0.5, 0.6) is 0 Å². The first-order chi connectivity index (χ1) is 18.2. The molecule has 1 aromatic heterocycles. The molecule has 5 rings (SSSR count). The van der Waals surface area contributed by atoms with Crippen LogP contribution in [0.4, 0.5) is 10.8 Å². The monoisotopic (exact) mass is 568 g/mol. The molecule has 0 spiro atoms. The Morgan fingerprint density at radius 3 is 2.58 bits per heavy atom. The Hall–Kier alpha value is -2.98. The van der Waals surface area contributed by atoms with Gasteiger partial charge in [-0.2, -0.15) is 0 Å². The molecule has 1 aliphatic rings. The van der Waals surface area contributed by atoms with Gasteiger partial charge in [0.15, 0.2) is 5.13 Å². The third-order valence-corrected chi connectivity index (χ3v) is 9.66. The van der Waals surface area contributed by atoms with Crippen LogP contribution in [-0.2, 0) is 16.4 Å². The number of thiazole rings is 1. The summed E-state index contributed by atoms with van der Waals surface area (Å²) in [7, 11) is 0.228. The van der Waals surface area contributed by atoms with Crippen LogP contribution in [0.25, 0.3) is 10.2 Å². The summed E-state index contributed by atoms with van der Waals surface area (Å²) < 4.78 is 29.4. The number of rotatable bonds is 8. The molecule has 1 amide bonds. The molecule has 2 heterocycles. The summed E-state index contributed by atoms with van der Waals surface area (Å²) in [5.74, 6) is -0.221. The summed E-state index contributed by atoms with van der Waals surface area (Å²) in [5.41, 5.74) is 2.94. The Kier molecular flexibility index (Phi) is 7.72. The first-order valence-electron chi connectivity index (χ1n) is 12.5. The second-order valence-electron chi connectivity index (χ2n) is 9.56. The second-order valence-corrected chi connectivity index (χ2v) is 12.9. The van der Waals surface area contributed by atoms with Crippen molar-refractivity contribution in [2.75, 3.05) is 42.9 Å². The van der Waals surface area contributed by atoms with Crippen LogP contribution in [-0.4, -0.2) is 57.9 Å². The largest absolute Gasteiger partial charge is 0.309 e. The highest BCUT2D eigenvalue weighted by Gasteiger charge is 2.29. The molecule has 0 N–H and O–H groups in total. The van der Waals surface area contributed by atoms with Crippen molar-refractivity contribution >= 4 is 59.9 Å². The van der Waals surface area contributed by atoms with Crippen LogP contribution in [0.15, 0.2) is 71.6 Å². The molecule has 0 fully saturated rings. The standard InChI is InChI=1S/C28H29ClN4O3S2/c1-31(2)16-6-17-32(28-30-24-15-12-22(29)19-26(24)37-28)27(34)21-10-13-23(14-11-21)38(35,36)33-18-5-8-20-7-3-4-9-25(20)33/h3-4,7,9-15,19H,5-6,8,16-18H2,1-2H3. The molecule has 10 heteroatoms. The van der Waals surface area contributed by atoms with Crippen molar-refractivity contribution in [3.05, 3.63) is 82.9 Å². The minimum absolute atomic E-state index is 0.166. The fourth-order valence-corrected chi connectivity index (χ4v) is 7.44. The maximum absolute atomic E-state index is 13.7. The summed E-state index contributed by atoms with van der Waals surface area (Å²) >= 11 is 7.57. The van der Waals surface area contributed by atoms with E-state index in [1.54, 1.807) is 23.1 Å². The van der Waals surface area contributed by atoms with E-state index in [2.05, 4.69) is 9.88 Å². The van der Waals surface area contributed by atoms with E-state index in [0.717, 1.165) is 47.3 Å². The van der Waals surface area contributed by atoms with E-state index in [9.17, 15) is 13.2 Å². The molecule has 3 aromatic carbocycles. The number of nitrogens with zero attached hydrogens (tertiary/aromatic N) is 4. The normalized spacial score (nSPS) is 13.6. The fraction of sp³-hybridized carbons (Fsp3) is 0.286. The number of hydrogen-bond acceptors (Lipinski definition) is 6. The molecule has 0 bridgehead atoms. The lowest BCUT2D eigenvalue weighted by molar-refractivity contribution is 0.0986. The number of aromatic nitrogens is 1. The first kappa shape index (κ1) is 26.6. The van der Waals surface area contributed by atoms with Gasteiger partial charge in [0, 0.05) is 23.7 Å². The van der Waals surface area contributed by atoms with E-state index < -0.39 is 10.0 Å². The predicted molar refractivity (Wildman–Crippen MR) is 155 cm³/mol. The van der Waals surface area contributed by atoms with Gasteiger partial charge >= 0.3 is 0 Å². The van der Waals surface area contributed by atoms with E-state index in [0.29, 0.717) is 28.8 Å². The topological polar surface area (TPSA) is 73.8 Å². The van der Waals surface area contributed by atoms with E-state index in [1.807, 2.05) is 50.5 Å². The average Bonchev–Trinajstić information content (AvgIpc) is 3.33. The van der Waals surface area contributed by atoms with Crippen molar-refractivity contribution in [3.8, 4) is 0 Å². The molecule has 1 aliphatic heterocycles. The van der Waals surface area contributed by atoms with Crippen LogP contribution >= 0.6 is 22.9 Å². The Morgan fingerprint density at radius 1 is 1.05 bits per heavy atom. The zero-order chi connectivity index (χ0) is 26.9. The van der Waals surface area contributed by atoms with Gasteiger partial charge in [-0.25, -0.2) is 13.4 Å². The number of hydrogen-bond donors (Lipinski definition) is 0. The van der Waals surface area contributed by atoms with Crippen molar-refractivity contribution in [1.29, 1.82) is 0 Å². The molecular weight excluding hydrogens is 540 g/mol. The summed E-state index contributed by atoms with van der Waals surface area (Å²) in [5, 5.41) is 1.21. The number of amides is 1. The number of benzene rings is 3. The van der Waals surface area contributed by atoms with Gasteiger partial charge in [0.2, 0.25) is 0 Å². The van der Waals surface area contributed by atoms with Crippen LogP contribution in [0.3, 0.4) is 0 Å². The zero-order valence-corrected chi connectivity index (χ0v) is 23.7. The van der Waals surface area contributed by atoms with Crippen LogP contribution in [0.2, 0.25) is 5.02 Å². The van der Waals surface area contributed by atoms with Crippen LogP contribution in [0.1, 0.15) is 28.8 Å². The van der Waals surface area contributed by atoms with E-state index in [-0.39, 0.29) is 10.8 Å². The van der Waals surface area contributed by atoms with E-state index in [4.69, 9.17) is 11.6 Å². The molecule has 0 saturated heterocycles. The SMILES string of the molecule is CN(C)CCCN(C(=O)c1ccc(S(=O)(=O)N2CCCc3ccccc32)cc1)c1nc2ccc(Cl)cc2s1. The van der Waals surface area contributed by atoms with Gasteiger partial charge in [-0.05, 0) is 94.0 Å². The fourth-order valence-electron chi connectivity index (χ4n) is 4.63. The van der Waals surface area contributed by atoms with Gasteiger partial charge in [0.05, 0.1) is 20.8 Å². The number of aryl methyl sites for hydroxylation is 1. The molecule has 0 saturated carbocycles. The Morgan fingerprint density at radius 2 is 1.82 bits per heavy atom. The number of anilines is 2. The van der Waals surface area contributed by atoms with Crippen LogP contribution in [0, 0.1) is 0 Å². The molecule has 7 nitrogen and oxygen atoms in total. The third kappa shape index (κ3) is 5.42. The number of halogens is 1. The van der Waals surface area contributed by atoms with Crippen molar-refractivity contribution in [3.63, 3.8) is 0 Å². The number of para-hydroxylation sites is 1. The van der Waals surface area contributed by atoms with Crippen molar-refractivity contribution in [2.24, 2.45) is 0 Å². The lowest BCUT2D eigenvalue weighted by Crippen LogP contribution is -2.35. The lowest BCUT2D eigenvalue weighted by atomic mass is 10.0. The predicted octanol–water partition coefficient (Wildman–Crippen LogP) is 5.69. The average molecular weight is 569 g/mol. The van der Waals surface area contributed by atoms with Crippen LogP contribution < -0.4 is 9.21 Å². The number of carbonyl (C=O) groups excluding carboxylic acids is 1. The minimum atomic E-state index is -3.76. The van der Waals surface area contributed by atoms with Crippen molar-refractivity contribution < 1.29 is 13.2 Å². The van der Waals surface area contributed by atoms with Crippen molar-refractivity contribution in [1.82, 2.24) is 9.88 Å². The van der Waals surface area contributed by atoms with E-state index in [1.165, 1.54) is 27.8 Å². The number of carbonyl (C=O) groups is 1. The summed E-state index contributed by atoms with van der Waals surface area (Å²) in [6, 6.07) is 19.3. The molecule has 198 valence electrons. The van der Waals surface area contributed by atoms with Gasteiger partial charge in [0.1, 0.15) is 0 Å². The summed E-state index contributed by atoms with van der Waals surface area (Å²) in [6.45, 7) is 1.73. The third-order valence-electron chi connectivity index (χ3n) is 6.56. The van der Waals surface area contributed by atoms with E-state index >= 15 is 0 Å². The Balaban J connectivity index is 1.43. The molecule has 4 aromatic rings. The molecule has 0 radical (unpaired) electrons. The molecule has 0 aliphatic carbocycles. The highest BCUT2D eigenvalue weighted by atomic mass is 35.5. The van der Waals surface area contributed by atoms with Gasteiger partial charge in [-0.15, -0.1) is 0 Å². The van der Waals surface area contributed by atoms with Gasteiger partial charge in [-0.1, -0.05) is 41.1 Å². The summed E-state index contributed by atoms with van der Waals surface area (Å²) in [4.78, 5) is 22.3. The molecule has 0 atom stereocenters. The van der Waals surface area contributed by atoms with Crippen molar-refractivity contribution in [2.45, 2.75) is 24.2 Å². The molecular formula is C28H29ClN4O3S2. The second kappa shape index (κ2) is 11.0. The highest BCUT2D eigenvalue weighted by Crippen LogP contribution is 2.33. The smallest absolute Gasteiger partial charge is 0.264 e. The first-order valence-corrected chi connectivity index (χ1v) is 15.1. The number of fused-ring (bicyclic) bond motifs is 2. The maximum atomic E-state index is 13.7. The quantitative estimate of drug-likeness (QED) is 0.273. The van der Waals surface area contributed by atoms with Gasteiger partial charge in [0.25, 0.3) is 15.9 Å².